The molecule has 21 heavy (non-hydrogen) atoms. The highest BCUT2D eigenvalue weighted by atomic mass is 16.5. The van der Waals surface area contributed by atoms with Crippen LogP contribution in [0.5, 0.6) is 0 Å². The highest BCUT2D eigenvalue weighted by Gasteiger charge is 2.46. The fraction of sp³-hybridized carbons (Fsp3) is 0.389. The Morgan fingerprint density at radius 1 is 1.14 bits per heavy atom. The average Bonchev–Trinajstić information content (AvgIpc) is 2.87. The Balaban J connectivity index is 1.77. The quantitative estimate of drug-likeness (QED) is 0.802. The Kier molecular flexibility index (Phi) is 3.05. The third kappa shape index (κ3) is 2.08. The van der Waals surface area contributed by atoms with Crippen LogP contribution < -0.4 is 0 Å². The van der Waals surface area contributed by atoms with Crippen LogP contribution >= 0.6 is 0 Å². The van der Waals surface area contributed by atoms with Crippen molar-refractivity contribution in [3.8, 4) is 0 Å². The summed E-state index contributed by atoms with van der Waals surface area (Å²) in [5, 5.41) is 0. The van der Waals surface area contributed by atoms with Crippen molar-refractivity contribution < 1.29 is 4.74 Å². The number of ether oxygens (including phenoxy) is 1. The van der Waals surface area contributed by atoms with E-state index in [1.807, 2.05) is 18.5 Å². The minimum Gasteiger partial charge on any atom is -0.357 e. The number of likely N-dealkylation sites (tertiary alicyclic amines) is 1. The van der Waals surface area contributed by atoms with Crippen molar-refractivity contribution in [2.45, 2.75) is 24.5 Å². The number of rotatable bonds is 1. The van der Waals surface area contributed by atoms with Crippen molar-refractivity contribution in [1.82, 2.24) is 9.88 Å². The van der Waals surface area contributed by atoms with Crippen LogP contribution in [0.2, 0.25) is 0 Å². The van der Waals surface area contributed by atoms with Gasteiger partial charge >= 0.3 is 0 Å². The molecule has 1 aromatic heterocycles. The van der Waals surface area contributed by atoms with Crippen molar-refractivity contribution in [3.63, 3.8) is 0 Å². The van der Waals surface area contributed by atoms with Crippen molar-refractivity contribution in [2.24, 2.45) is 0 Å². The van der Waals surface area contributed by atoms with Crippen LogP contribution in [0, 0.1) is 0 Å². The molecule has 4 rings (SSSR count). The first-order valence-electron chi connectivity index (χ1n) is 7.64. The molecule has 1 atom stereocenters. The summed E-state index contributed by atoms with van der Waals surface area (Å²) >= 11 is 0. The van der Waals surface area contributed by atoms with Crippen LogP contribution in [0.3, 0.4) is 0 Å². The highest BCUT2D eigenvalue weighted by Crippen LogP contribution is 2.50. The van der Waals surface area contributed by atoms with Crippen molar-refractivity contribution in [2.75, 3.05) is 20.1 Å². The van der Waals surface area contributed by atoms with Gasteiger partial charge < -0.3 is 9.64 Å². The van der Waals surface area contributed by atoms with Gasteiger partial charge in [-0.3, -0.25) is 4.98 Å². The second kappa shape index (κ2) is 4.93. The third-order valence-electron chi connectivity index (χ3n) is 4.86. The van der Waals surface area contributed by atoms with E-state index in [1.54, 1.807) is 0 Å². The van der Waals surface area contributed by atoms with Gasteiger partial charge in [0.25, 0.3) is 0 Å². The van der Waals surface area contributed by atoms with Gasteiger partial charge in [0, 0.05) is 31.0 Å². The average molecular weight is 280 g/mol. The molecule has 1 saturated heterocycles. The molecule has 1 unspecified atom stereocenters. The van der Waals surface area contributed by atoms with Crippen LogP contribution in [0.4, 0.5) is 0 Å². The number of benzene rings is 1. The summed E-state index contributed by atoms with van der Waals surface area (Å²) in [7, 11) is 2.19. The lowest BCUT2D eigenvalue weighted by Crippen LogP contribution is -2.40. The molecule has 2 aliphatic rings. The molecule has 3 heterocycles. The molecule has 1 fully saturated rings. The number of pyridine rings is 1. The van der Waals surface area contributed by atoms with E-state index in [4.69, 9.17) is 4.74 Å². The number of hydrogen-bond acceptors (Lipinski definition) is 3. The molecule has 2 aromatic rings. The molecule has 0 amide bonds. The SMILES string of the molecule is CN1CCC2(CC1)OC(c1cccnc1)c1ccccc12. The van der Waals surface area contributed by atoms with Gasteiger partial charge in [0.15, 0.2) is 0 Å². The van der Waals surface area contributed by atoms with E-state index in [9.17, 15) is 0 Å². The van der Waals surface area contributed by atoms with Crippen LogP contribution in [0.1, 0.15) is 35.6 Å². The van der Waals surface area contributed by atoms with Gasteiger partial charge in [-0.1, -0.05) is 30.3 Å². The molecule has 0 aliphatic carbocycles. The van der Waals surface area contributed by atoms with Gasteiger partial charge in [-0.2, -0.15) is 0 Å². The Morgan fingerprint density at radius 3 is 2.71 bits per heavy atom. The summed E-state index contributed by atoms with van der Waals surface area (Å²) in [6, 6.07) is 12.8. The molecule has 3 heteroatoms. The summed E-state index contributed by atoms with van der Waals surface area (Å²) in [5.74, 6) is 0. The van der Waals surface area contributed by atoms with E-state index >= 15 is 0 Å². The number of nitrogens with zero attached hydrogens (tertiary/aromatic N) is 2. The second-order valence-corrected chi connectivity index (χ2v) is 6.17. The maximum absolute atomic E-state index is 6.63. The summed E-state index contributed by atoms with van der Waals surface area (Å²) < 4.78 is 6.63. The second-order valence-electron chi connectivity index (χ2n) is 6.17. The minimum absolute atomic E-state index is 0.0262. The molecular weight excluding hydrogens is 260 g/mol. The first kappa shape index (κ1) is 13.0. The van der Waals surface area contributed by atoms with Crippen LogP contribution in [0.15, 0.2) is 48.8 Å². The van der Waals surface area contributed by atoms with Crippen molar-refractivity contribution >= 4 is 0 Å². The van der Waals surface area contributed by atoms with E-state index in [0.29, 0.717) is 0 Å². The lowest BCUT2D eigenvalue weighted by molar-refractivity contribution is -0.0941. The normalized spacial score (nSPS) is 24.1. The molecule has 0 saturated carbocycles. The monoisotopic (exact) mass is 280 g/mol. The van der Waals surface area contributed by atoms with Crippen molar-refractivity contribution in [1.29, 1.82) is 0 Å². The summed E-state index contributed by atoms with van der Waals surface area (Å²) in [5.41, 5.74) is 3.74. The zero-order valence-electron chi connectivity index (χ0n) is 12.3. The zero-order chi connectivity index (χ0) is 14.3. The van der Waals surface area contributed by atoms with Gasteiger partial charge in [-0.15, -0.1) is 0 Å². The Labute approximate surface area is 125 Å². The lowest BCUT2D eigenvalue weighted by Gasteiger charge is -2.38. The van der Waals surface area contributed by atoms with Gasteiger partial charge in [0.2, 0.25) is 0 Å². The molecular formula is C18H20N2O. The van der Waals surface area contributed by atoms with Gasteiger partial charge in [0.05, 0.1) is 5.60 Å². The van der Waals surface area contributed by atoms with Crippen LogP contribution in [-0.4, -0.2) is 30.0 Å². The summed E-state index contributed by atoms with van der Waals surface area (Å²) in [6.07, 6.45) is 5.90. The topological polar surface area (TPSA) is 25.4 Å². The highest BCUT2D eigenvalue weighted by molar-refractivity contribution is 5.43. The fourth-order valence-corrected chi connectivity index (χ4v) is 3.64. The van der Waals surface area contributed by atoms with E-state index in [1.165, 1.54) is 11.1 Å². The number of fused-ring (bicyclic) bond motifs is 2. The van der Waals surface area contributed by atoms with E-state index in [0.717, 1.165) is 31.5 Å². The number of aromatic nitrogens is 1. The van der Waals surface area contributed by atoms with Crippen molar-refractivity contribution in [3.05, 3.63) is 65.5 Å². The predicted octanol–water partition coefficient (Wildman–Crippen LogP) is 3.12. The Hall–Kier alpha value is -1.71. The van der Waals surface area contributed by atoms with Crippen LogP contribution in [-0.2, 0) is 10.3 Å². The predicted molar refractivity (Wildman–Crippen MR) is 82.0 cm³/mol. The molecule has 3 nitrogen and oxygen atoms in total. The number of hydrogen-bond donors (Lipinski definition) is 0. The third-order valence-corrected chi connectivity index (χ3v) is 4.86. The van der Waals surface area contributed by atoms with E-state index in [2.05, 4.69) is 47.3 Å². The maximum atomic E-state index is 6.63. The molecule has 2 aliphatic heterocycles. The minimum atomic E-state index is -0.108. The largest absolute Gasteiger partial charge is 0.357 e. The molecule has 0 radical (unpaired) electrons. The molecule has 1 aromatic carbocycles. The van der Waals surface area contributed by atoms with Gasteiger partial charge in [0.1, 0.15) is 6.10 Å². The first-order valence-corrected chi connectivity index (χ1v) is 7.64. The first-order chi connectivity index (χ1) is 10.3. The standard InChI is InChI=1S/C18H20N2O/c1-20-11-8-18(9-12-20)16-7-3-2-6-15(16)17(21-18)14-5-4-10-19-13-14/h2-7,10,13,17H,8-9,11-12H2,1H3. The molecule has 0 N–H and O–H groups in total. The summed E-state index contributed by atoms with van der Waals surface area (Å²) in [4.78, 5) is 6.64. The molecule has 1 spiro atoms. The fourth-order valence-electron chi connectivity index (χ4n) is 3.64. The Morgan fingerprint density at radius 2 is 1.95 bits per heavy atom. The molecule has 0 bridgehead atoms. The number of piperidine rings is 1. The lowest BCUT2D eigenvalue weighted by atomic mass is 9.83. The van der Waals surface area contributed by atoms with Gasteiger partial charge in [-0.05, 0) is 37.1 Å². The molecule has 108 valence electrons. The van der Waals surface area contributed by atoms with E-state index in [-0.39, 0.29) is 11.7 Å². The Bertz CT molecular complexity index is 633. The van der Waals surface area contributed by atoms with E-state index < -0.39 is 0 Å². The zero-order valence-corrected chi connectivity index (χ0v) is 12.3. The maximum Gasteiger partial charge on any atom is 0.111 e. The van der Waals surface area contributed by atoms with Crippen LogP contribution in [0.25, 0.3) is 0 Å². The smallest absolute Gasteiger partial charge is 0.111 e. The summed E-state index contributed by atoms with van der Waals surface area (Å²) in [6.45, 7) is 2.18. The van der Waals surface area contributed by atoms with Gasteiger partial charge in [-0.25, -0.2) is 0 Å².